The zero-order chi connectivity index (χ0) is 15.4. The Hall–Kier alpha value is -2.61. The molecule has 0 saturated carbocycles. The van der Waals surface area contributed by atoms with E-state index in [9.17, 15) is 4.79 Å². The standard InChI is InChI=1S/C20H19NO/c1-15(22)21-13-7-6-12-20-18-10-4-2-8-16(18)14-17-9-3-5-11-19(17)20/h2-6,8-12,14H,7,13H2,1H3,(H,21,22). The second-order valence-corrected chi connectivity index (χ2v) is 5.41. The highest BCUT2D eigenvalue weighted by Gasteiger charge is 2.04. The summed E-state index contributed by atoms with van der Waals surface area (Å²) in [5.74, 6) is 0.0176. The third kappa shape index (κ3) is 3.01. The lowest BCUT2D eigenvalue weighted by Crippen LogP contribution is -2.20. The van der Waals surface area contributed by atoms with Crippen molar-refractivity contribution in [2.75, 3.05) is 6.54 Å². The van der Waals surface area contributed by atoms with Gasteiger partial charge in [0.25, 0.3) is 0 Å². The quantitative estimate of drug-likeness (QED) is 0.555. The van der Waals surface area contributed by atoms with Crippen LogP contribution in [0.15, 0.2) is 60.7 Å². The van der Waals surface area contributed by atoms with Gasteiger partial charge < -0.3 is 5.32 Å². The number of rotatable bonds is 4. The normalized spacial score (nSPS) is 11.3. The molecule has 1 N–H and O–H groups in total. The number of hydrogen-bond acceptors (Lipinski definition) is 1. The zero-order valence-corrected chi connectivity index (χ0v) is 12.7. The molecule has 3 aromatic rings. The molecule has 0 radical (unpaired) electrons. The molecule has 2 heteroatoms. The van der Waals surface area contributed by atoms with Crippen molar-refractivity contribution in [2.45, 2.75) is 13.3 Å². The summed E-state index contributed by atoms with van der Waals surface area (Å²) in [6.45, 7) is 2.22. The minimum atomic E-state index is 0.0176. The van der Waals surface area contributed by atoms with Crippen molar-refractivity contribution < 1.29 is 4.79 Å². The van der Waals surface area contributed by atoms with Crippen LogP contribution in [0, 0.1) is 0 Å². The highest BCUT2D eigenvalue weighted by Crippen LogP contribution is 2.29. The number of amides is 1. The molecule has 0 aliphatic carbocycles. The Bertz CT molecular complexity index is 795. The van der Waals surface area contributed by atoms with Gasteiger partial charge in [0, 0.05) is 13.5 Å². The van der Waals surface area contributed by atoms with Gasteiger partial charge in [-0.3, -0.25) is 4.79 Å². The maximum atomic E-state index is 10.9. The summed E-state index contributed by atoms with van der Waals surface area (Å²) in [5.41, 5.74) is 1.25. The van der Waals surface area contributed by atoms with Crippen molar-refractivity contribution >= 4 is 33.5 Å². The van der Waals surface area contributed by atoms with E-state index in [0.717, 1.165) is 6.42 Å². The van der Waals surface area contributed by atoms with E-state index in [4.69, 9.17) is 0 Å². The summed E-state index contributed by atoms with van der Waals surface area (Å²) in [6.07, 6.45) is 5.13. The molecule has 1 amide bonds. The van der Waals surface area contributed by atoms with Crippen molar-refractivity contribution in [2.24, 2.45) is 0 Å². The van der Waals surface area contributed by atoms with Gasteiger partial charge >= 0.3 is 0 Å². The van der Waals surface area contributed by atoms with E-state index in [1.807, 2.05) is 0 Å². The van der Waals surface area contributed by atoms with Gasteiger partial charge in [0.2, 0.25) is 5.91 Å². The van der Waals surface area contributed by atoms with Gasteiger partial charge in [0.1, 0.15) is 0 Å². The van der Waals surface area contributed by atoms with Crippen molar-refractivity contribution in [1.29, 1.82) is 0 Å². The highest BCUT2D eigenvalue weighted by atomic mass is 16.1. The van der Waals surface area contributed by atoms with E-state index in [-0.39, 0.29) is 5.91 Å². The second kappa shape index (κ2) is 6.44. The topological polar surface area (TPSA) is 29.1 Å². The van der Waals surface area contributed by atoms with Crippen LogP contribution in [0.4, 0.5) is 0 Å². The van der Waals surface area contributed by atoms with Crippen LogP contribution >= 0.6 is 0 Å². The summed E-state index contributed by atoms with van der Waals surface area (Å²) < 4.78 is 0. The zero-order valence-electron chi connectivity index (χ0n) is 12.7. The van der Waals surface area contributed by atoms with E-state index < -0.39 is 0 Å². The number of nitrogens with one attached hydrogen (secondary N) is 1. The summed E-state index contributed by atoms with van der Waals surface area (Å²) in [6, 6.07) is 19.1. The fourth-order valence-corrected chi connectivity index (χ4v) is 2.76. The smallest absolute Gasteiger partial charge is 0.216 e. The second-order valence-electron chi connectivity index (χ2n) is 5.41. The molecule has 0 unspecified atom stereocenters. The van der Waals surface area contributed by atoms with E-state index in [0.29, 0.717) is 6.54 Å². The van der Waals surface area contributed by atoms with Crippen LogP contribution in [-0.4, -0.2) is 12.5 Å². The molecule has 0 aliphatic rings. The number of fused-ring (bicyclic) bond motifs is 2. The minimum absolute atomic E-state index is 0.0176. The van der Waals surface area contributed by atoms with Gasteiger partial charge in [-0.05, 0) is 39.6 Å². The van der Waals surface area contributed by atoms with Crippen molar-refractivity contribution in [3.63, 3.8) is 0 Å². The lowest BCUT2D eigenvalue weighted by atomic mass is 9.96. The summed E-state index contributed by atoms with van der Waals surface area (Å²) in [7, 11) is 0. The van der Waals surface area contributed by atoms with Crippen LogP contribution in [0.5, 0.6) is 0 Å². The van der Waals surface area contributed by atoms with Gasteiger partial charge in [0.05, 0.1) is 0 Å². The maximum Gasteiger partial charge on any atom is 0.216 e. The molecule has 0 aromatic heterocycles. The third-order valence-electron chi connectivity index (χ3n) is 3.78. The van der Waals surface area contributed by atoms with Crippen molar-refractivity contribution in [3.05, 3.63) is 66.2 Å². The first kappa shape index (κ1) is 14.3. The molecule has 0 spiro atoms. The van der Waals surface area contributed by atoms with Gasteiger partial charge in [0.15, 0.2) is 0 Å². The number of carbonyl (C=O) groups is 1. The fourth-order valence-electron chi connectivity index (χ4n) is 2.76. The predicted molar refractivity (Wildman–Crippen MR) is 93.8 cm³/mol. The molecular weight excluding hydrogens is 270 g/mol. The van der Waals surface area contributed by atoms with E-state index in [1.165, 1.54) is 27.1 Å². The number of hydrogen-bond donors (Lipinski definition) is 1. The Labute approximate surface area is 130 Å². The minimum Gasteiger partial charge on any atom is -0.356 e. The first-order chi connectivity index (χ1) is 10.8. The number of benzene rings is 3. The first-order valence-corrected chi connectivity index (χ1v) is 7.57. The van der Waals surface area contributed by atoms with Gasteiger partial charge in [-0.1, -0.05) is 60.7 Å². The molecule has 0 bridgehead atoms. The van der Waals surface area contributed by atoms with Crippen molar-refractivity contribution in [3.8, 4) is 0 Å². The van der Waals surface area contributed by atoms with E-state index >= 15 is 0 Å². The first-order valence-electron chi connectivity index (χ1n) is 7.57. The van der Waals surface area contributed by atoms with Crippen LogP contribution in [0.25, 0.3) is 27.6 Å². The average Bonchev–Trinajstić information content (AvgIpc) is 2.53. The van der Waals surface area contributed by atoms with E-state index in [2.05, 4.69) is 72.1 Å². The molecule has 3 rings (SSSR count). The Morgan fingerprint density at radius 3 is 2.18 bits per heavy atom. The van der Waals surface area contributed by atoms with Gasteiger partial charge in [-0.2, -0.15) is 0 Å². The monoisotopic (exact) mass is 289 g/mol. The Morgan fingerprint density at radius 2 is 1.59 bits per heavy atom. The lowest BCUT2D eigenvalue weighted by Gasteiger charge is -2.08. The molecule has 3 aromatic carbocycles. The summed E-state index contributed by atoms with van der Waals surface area (Å²) in [5, 5.41) is 7.84. The molecule has 110 valence electrons. The summed E-state index contributed by atoms with van der Waals surface area (Å²) in [4.78, 5) is 10.9. The predicted octanol–water partition coefficient (Wildman–Crippen LogP) is 4.53. The molecular formula is C20H19NO. The van der Waals surface area contributed by atoms with Gasteiger partial charge in [-0.25, -0.2) is 0 Å². The SMILES string of the molecule is CC(=O)NCCC=Cc1c2ccccc2cc2ccccc12. The summed E-state index contributed by atoms with van der Waals surface area (Å²) >= 11 is 0. The van der Waals surface area contributed by atoms with Gasteiger partial charge in [-0.15, -0.1) is 0 Å². The molecule has 2 nitrogen and oxygen atoms in total. The average molecular weight is 289 g/mol. The highest BCUT2D eigenvalue weighted by molar-refractivity contribution is 6.06. The largest absolute Gasteiger partial charge is 0.356 e. The van der Waals surface area contributed by atoms with E-state index in [1.54, 1.807) is 6.92 Å². The molecule has 0 heterocycles. The fraction of sp³-hybridized carbons (Fsp3) is 0.150. The molecule has 22 heavy (non-hydrogen) atoms. The number of carbonyl (C=O) groups excluding carboxylic acids is 1. The lowest BCUT2D eigenvalue weighted by molar-refractivity contribution is -0.118. The van der Waals surface area contributed by atoms with Crippen LogP contribution in [0.3, 0.4) is 0 Å². The molecule has 0 atom stereocenters. The van der Waals surface area contributed by atoms with Crippen LogP contribution < -0.4 is 5.32 Å². The molecule has 0 saturated heterocycles. The Balaban J connectivity index is 2.01. The molecule has 0 fully saturated rings. The van der Waals surface area contributed by atoms with Crippen LogP contribution in [0.1, 0.15) is 18.9 Å². The Kier molecular flexibility index (Phi) is 4.19. The maximum absolute atomic E-state index is 10.9. The third-order valence-corrected chi connectivity index (χ3v) is 3.78. The van der Waals surface area contributed by atoms with Crippen LogP contribution in [-0.2, 0) is 4.79 Å². The molecule has 0 aliphatic heterocycles. The van der Waals surface area contributed by atoms with Crippen molar-refractivity contribution in [1.82, 2.24) is 5.32 Å². The van der Waals surface area contributed by atoms with Crippen LogP contribution in [0.2, 0.25) is 0 Å². The Morgan fingerprint density at radius 1 is 1.00 bits per heavy atom.